The van der Waals surface area contributed by atoms with Gasteiger partial charge in [-0.25, -0.2) is 0 Å². The molecule has 0 bridgehead atoms. The smallest absolute Gasteiger partial charge is 0.157 e. The van der Waals surface area contributed by atoms with Crippen molar-refractivity contribution in [2.45, 2.75) is 52.4 Å². The SMILES string of the molecule is C=C(C)C(=O)CCCCCCC. The lowest BCUT2D eigenvalue weighted by molar-refractivity contribution is -0.115. The minimum atomic E-state index is 0.228. The summed E-state index contributed by atoms with van der Waals surface area (Å²) in [5.74, 6) is 0.228. The van der Waals surface area contributed by atoms with Crippen molar-refractivity contribution < 1.29 is 4.79 Å². The molecule has 0 heterocycles. The van der Waals surface area contributed by atoms with Crippen molar-refractivity contribution in [3.63, 3.8) is 0 Å². The van der Waals surface area contributed by atoms with Gasteiger partial charge in [0.2, 0.25) is 0 Å². The third kappa shape index (κ3) is 6.14. The summed E-state index contributed by atoms with van der Waals surface area (Å²) in [6, 6.07) is 0. The summed E-state index contributed by atoms with van der Waals surface area (Å²) in [5.41, 5.74) is 0.700. The molecule has 0 aliphatic heterocycles. The number of carbonyl (C=O) groups is 1. The van der Waals surface area contributed by atoms with Crippen LogP contribution in [0.3, 0.4) is 0 Å². The molecule has 0 aromatic heterocycles. The van der Waals surface area contributed by atoms with Gasteiger partial charge in [-0.2, -0.15) is 0 Å². The quantitative estimate of drug-likeness (QED) is 0.420. The molecule has 1 heteroatoms. The first-order valence-electron chi connectivity index (χ1n) is 4.87. The molecule has 0 aromatic rings. The first-order chi connectivity index (χ1) is 5.68. The molecule has 0 atom stereocenters. The molecule has 0 saturated carbocycles. The molecule has 0 spiro atoms. The Bertz CT molecular complexity index is 147. The summed E-state index contributed by atoms with van der Waals surface area (Å²) in [7, 11) is 0. The van der Waals surface area contributed by atoms with Gasteiger partial charge >= 0.3 is 0 Å². The Balaban J connectivity index is 3.20. The van der Waals surface area contributed by atoms with E-state index in [1.54, 1.807) is 6.92 Å². The van der Waals surface area contributed by atoms with Crippen LogP contribution in [0, 0.1) is 0 Å². The minimum Gasteiger partial charge on any atom is -0.295 e. The van der Waals surface area contributed by atoms with Crippen molar-refractivity contribution in [3.8, 4) is 0 Å². The first kappa shape index (κ1) is 11.4. The van der Waals surface area contributed by atoms with Crippen molar-refractivity contribution in [1.82, 2.24) is 0 Å². The van der Waals surface area contributed by atoms with E-state index in [0.29, 0.717) is 12.0 Å². The zero-order chi connectivity index (χ0) is 9.40. The Morgan fingerprint density at radius 3 is 2.25 bits per heavy atom. The Morgan fingerprint density at radius 1 is 1.17 bits per heavy atom. The van der Waals surface area contributed by atoms with Gasteiger partial charge < -0.3 is 0 Å². The summed E-state index contributed by atoms with van der Waals surface area (Å²) in [6.45, 7) is 7.60. The number of allylic oxidation sites excluding steroid dienone is 1. The summed E-state index contributed by atoms with van der Waals surface area (Å²) < 4.78 is 0. The Labute approximate surface area is 75.9 Å². The third-order valence-corrected chi connectivity index (χ3v) is 1.98. The monoisotopic (exact) mass is 168 g/mol. The number of ketones is 1. The van der Waals surface area contributed by atoms with Gasteiger partial charge in [0.1, 0.15) is 0 Å². The van der Waals surface area contributed by atoms with Crippen molar-refractivity contribution in [3.05, 3.63) is 12.2 Å². The van der Waals surface area contributed by atoms with E-state index in [2.05, 4.69) is 13.5 Å². The Morgan fingerprint density at radius 2 is 1.75 bits per heavy atom. The molecule has 0 amide bonds. The molecule has 0 radical (unpaired) electrons. The molecule has 0 N–H and O–H groups in total. The highest BCUT2D eigenvalue weighted by molar-refractivity contribution is 5.93. The molecule has 1 nitrogen and oxygen atoms in total. The van der Waals surface area contributed by atoms with Crippen LogP contribution in [-0.2, 0) is 4.79 Å². The molecule has 12 heavy (non-hydrogen) atoms. The van der Waals surface area contributed by atoms with Crippen LogP contribution in [-0.4, -0.2) is 5.78 Å². The lowest BCUT2D eigenvalue weighted by atomic mass is 10.1. The number of hydrogen-bond donors (Lipinski definition) is 0. The van der Waals surface area contributed by atoms with E-state index in [1.807, 2.05) is 0 Å². The summed E-state index contributed by atoms with van der Waals surface area (Å²) in [6.07, 6.45) is 6.73. The van der Waals surface area contributed by atoms with Crippen LogP contribution >= 0.6 is 0 Å². The maximum absolute atomic E-state index is 11.1. The maximum Gasteiger partial charge on any atom is 0.157 e. The van der Waals surface area contributed by atoms with Crippen LogP contribution in [0.5, 0.6) is 0 Å². The van der Waals surface area contributed by atoms with E-state index in [-0.39, 0.29) is 5.78 Å². The van der Waals surface area contributed by atoms with E-state index >= 15 is 0 Å². The lowest BCUT2D eigenvalue weighted by Gasteiger charge is -1.99. The summed E-state index contributed by atoms with van der Waals surface area (Å²) in [5, 5.41) is 0. The normalized spacial score (nSPS) is 9.83. The highest BCUT2D eigenvalue weighted by Crippen LogP contribution is 2.07. The fourth-order valence-corrected chi connectivity index (χ4v) is 1.10. The van der Waals surface area contributed by atoms with E-state index < -0.39 is 0 Å². The van der Waals surface area contributed by atoms with Crippen LogP contribution in [0.15, 0.2) is 12.2 Å². The average molecular weight is 168 g/mol. The molecule has 0 rings (SSSR count). The molecule has 0 fully saturated rings. The predicted molar refractivity (Wildman–Crippen MR) is 53.2 cm³/mol. The fourth-order valence-electron chi connectivity index (χ4n) is 1.10. The molecule has 0 aromatic carbocycles. The predicted octanol–water partition coefficient (Wildman–Crippen LogP) is 3.49. The number of unbranched alkanes of at least 4 members (excludes halogenated alkanes) is 4. The van der Waals surface area contributed by atoms with Gasteiger partial charge in [-0.1, -0.05) is 39.2 Å². The Hall–Kier alpha value is -0.590. The van der Waals surface area contributed by atoms with Gasteiger partial charge in [0.05, 0.1) is 0 Å². The number of rotatable bonds is 7. The van der Waals surface area contributed by atoms with E-state index in [4.69, 9.17) is 0 Å². The molecule has 0 unspecified atom stereocenters. The van der Waals surface area contributed by atoms with Crippen molar-refractivity contribution in [1.29, 1.82) is 0 Å². The van der Waals surface area contributed by atoms with E-state index in [9.17, 15) is 4.79 Å². The third-order valence-electron chi connectivity index (χ3n) is 1.98. The van der Waals surface area contributed by atoms with Crippen LogP contribution in [0.2, 0.25) is 0 Å². The van der Waals surface area contributed by atoms with Gasteiger partial charge in [0.15, 0.2) is 5.78 Å². The zero-order valence-corrected chi connectivity index (χ0v) is 8.36. The summed E-state index contributed by atoms with van der Waals surface area (Å²) >= 11 is 0. The van der Waals surface area contributed by atoms with Crippen molar-refractivity contribution >= 4 is 5.78 Å². The molecule has 0 saturated heterocycles. The number of carbonyl (C=O) groups excluding carboxylic acids is 1. The van der Waals surface area contributed by atoms with Crippen molar-refractivity contribution in [2.24, 2.45) is 0 Å². The second-order valence-corrected chi connectivity index (χ2v) is 3.37. The van der Waals surface area contributed by atoms with Crippen LogP contribution in [0.25, 0.3) is 0 Å². The van der Waals surface area contributed by atoms with Gasteiger partial charge in [0.25, 0.3) is 0 Å². The largest absolute Gasteiger partial charge is 0.295 e. The molecular formula is C11H20O. The Kier molecular flexibility index (Phi) is 6.73. The lowest BCUT2D eigenvalue weighted by Crippen LogP contribution is -1.97. The number of hydrogen-bond acceptors (Lipinski definition) is 1. The minimum absolute atomic E-state index is 0.228. The number of Topliss-reactive ketones (excluding diaryl/α,β-unsaturated/α-hetero) is 1. The van der Waals surface area contributed by atoms with Crippen LogP contribution in [0.4, 0.5) is 0 Å². The summed E-state index contributed by atoms with van der Waals surface area (Å²) in [4.78, 5) is 11.1. The second-order valence-electron chi connectivity index (χ2n) is 3.37. The first-order valence-corrected chi connectivity index (χ1v) is 4.87. The van der Waals surface area contributed by atoms with Crippen LogP contribution < -0.4 is 0 Å². The second kappa shape index (κ2) is 7.08. The van der Waals surface area contributed by atoms with E-state index in [1.165, 1.54) is 25.7 Å². The molecular weight excluding hydrogens is 148 g/mol. The standard InChI is InChI=1S/C11H20O/c1-4-5-6-7-8-9-11(12)10(2)3/h2,4-9H2,1,3H3. The molecule has 0 aliphatic carbocycles. The maximum atomic E-state index is 11.1. The molecule has 70 valence electrons. The van der Waals surface area contributed by atoms with Crippen molar-refractivity contribution in [2.75, 3.05) is 0 Å². The van der Waals surface area contributed by atoms with E-state index in [0.717, 1.165) is 6.42 Å². The average Bonchev–Trinajstić information content (AvgIpc) is 2.03. The highest BCUT2D eigenvalue weighted by atomic mass is 16.1. The van der Waals surface area contributed by atoms with Gasteiger partial charge in [-0.3, -0.25) is 4.79 Å². The zero-order valence-electron chi connectivity index (χ0n) is 8.36. The molecule has 0 aliphatic rings. The topological polar surface area (TPSA) is 17.1 Å². The highest BCUT2D eigenvalue weighted by Gasteiger charge is 2.00. The van der Waals surface area contributed by atoms with Gasteiger partial charge in [-0.05, 0) is 18.9 Å². The van der Waals surface area contributed by atoms with Crippen LogP contribution in [0.1, 0.15) is 52.4 Å². The van der Waals surface area contributed by atoms with Gasteiger partial charge in [-0.15, -0.1) is 0 Å². The van der Waals surface area contributed by atoms with Gasteiger partial charge in [0, 0.05) is 6.42 Å². The fraction of sp³-hybridized carbons (Fsp3) is 0.727.